The molecule has 1 N–H and O–H groups in total. The topological polar surface area (TPSA) is 51.2 Å². The highest BCUT2D eigenvalue weighted by atomic mass is 35.5. The lowest BCUT2D eigenvalue weighted by atomic mass is 10.3. The summed E-state index contributed by atoms with van der Waals surface area (Å²) in [4.78, 5) is 15.5. The first kappa shape index (κ1) is 13.9. The van der Waals surface area contributed by atoms with Crippen LogP contribution in [0.3, 0.4) is 0 Å². The lowest BCUT2D eigenvalue weighted by molar-refractivity contribution is 0.213. The van der Waals surface area contributed by atoms with Gasteiger partial charge in [-0.05, 0) is 18.2 Å². The summed E-state index contributed by atoms with van der Waals surface area (Å²) in [6.45, 7) is 0. The molecule has 2 aromatic rings. The Morgan fingerprint density at radius 2 is 1.84 bits per heavy atom. The van der Waals surface area contributed by atoms with E-state index in [-0.39, 0.29) is 15.9 Å². The minimum Gasteiger partial charge on any atom is -0.391 e. The fraction of sp³-hybridized carbons (Fsp3) is 0. The summed E-state index contributed by atoms with van der Waals surface area (Å²) in [7, 11) is 0. The molecule has 0 bridgehead atoms. The van der Waals surface area contributed by atoms with Gasteiger partial charge in [0.15, 0.2) is 0 Å². The zero-order valence-electron chi connectivity index (χ0n) is 9.36. The Labute approximate surface area is 124 Å². The molecule has 4 nitrogen and oxygen atoms in total. The molecule has 0 saturated carbocycles. The van der Waals surface area contributed by atoms with Crippen LogP contribution in [0.25, 0.3) is 0 Å². The van der Waals surface area contributed by atoms with Crippen molar-refractivity contribution in [2.24, 2.45) is 0 Å². The molecule has 7 heteroatoms. The molecule has 19 heavy (non-hydrogen) atoms. The maximum absolute atomic E-state index is 11.6. The van der Waals surface area contributed by atoms with Gasteiger partial charge < -0.3 is 4.74 Å². The van der Waals surface area contributed by atoms with Crippen molar-refractivity contribution in [3.63, 3.8) is 0 Å². The number of hydrogen-bond donors (Lipinski definition) is 1. The molecule has 98 valence electrons. The van der Waals surface area contributed by atoms with Gasteiger partial charge in [0.25, 0.3) is 0 Å². The highest BCUT2D eigenvalue weighted by Crippen LogP contribution is 2.32. The first-order chi connectivity index (χ1) is 9.06. The summed E-state index contributed by atoms with van der Waals surface area (Å²) in [5, 5.41) is 3.29. The predicted molar refractivity (Wildman–Crippen MR) is 75.4 cm³/mol. The van der Waals surface area contributed by atoms with E-state index < -0.39 is 6.09 Å². The Hall–Kier alpha value is -1.49. The Bertz CT molecular complexity index is 605. The molecule has 0 aliphatic rings. The molecule has 1 aromatic carbocycles. The minimum absolute atomic E-state index is 0.177. The Morgan fingerprint density at radius 1 is 1.11 bits per heavy atom. The van der Waals surface area contributed by atoms with Crippen molar-refractivity contribution in [2.45, 2.75) is 0 Å². The second-order valence-corrected chi connectivity index (χ2v) is 4.65. The van der Waals surface area contributed by atoms with Gasteiger partial charge in [-0.2, -0.15) is 0 Å². The van der Waals surface area contributed by atoms with Crippen molar-refractivity contribution in [3.05, 3.63) is 51.6 Å². The molecule has 0 atom stereocenters. The number of benzene rings is 1. The van der Waals surface area contributed by atoms with Crippen LogP contribution in [0.15, 0.2) is 36.5 Å². The van der Waals surface area contributed by atoms with Crippen LogP contribution >= 0.6 is 34.8 Å². The third-order valence-corrected chi connectivity index (χ3v) is 3.12. The number of anilines is 1. The molecular formula is C12H7Cl3N2O2. The van der Waals surface area contributed by atoms with E-state index in [1.807, 2.05) is 0 Å². The van der Waals surface area contributed by atoms with Gasteiger partial charge in [0.05, 0.1) is 20.8 Å². The maximum Gasteiger partial charge on any atom is 0.418 e. The monoisotopic (exact) mass is 316 g/mol. The SMILES string of the molecule is O=C(Nc1cc(Cl)c(Cl)cc1Cl)Oc1ccccn1. The van der Waals surface area contributed by atoms with Crippen LogP contribution in [0.1, 0.15) is 0 Å². The van der Waals surface area contributed by atoms with Crippen molar-refractivity contribution < 1.29 is 9.53 Å². The predicted octanol–water partition coefficient (Wildman–Crippen LogP) is 4.65. The Morgan fingerprint density at radius 3 is 2.53 bits per heavy atom. The van der Waals surface area contributed by atoms with Crippen molar-refractivity contribution in [3.8, 4) is 5.88 Å². The number of nitrogens with one attached hydrogen (secondary N) is 1. The molecular weight excluding hydrogens is 311 g/mol. The quantitative estimate of drug-likeness (QED) is 0.820. The van der Waals surface area contributed by atoms with Crippen molar-refractivity contribution in [2.75, 3.05) is 5.32 Å². The number of carbonyl (C=O) groups excluding carboxylic acids is 1. The fourth-order valence-corrected chi connectivity index (χ4v) is 1.85. The average Bonchev–Trinajstić information content (AvgIpc) is 2.37. The van der Waals surface area contributed by atoms with E-state index in [9.17, 15) is 4.79 Å². The number of pyridine rings is 1. The molecule has 0 unspecified atom stereocenters. The third kappa shape index (κ3) is 3.73. The van der Waals surface area contributed by atoms with Crippen LogP contribution in [-0.2, 0) is 0 Å². The molecule has 1 amide bonds. The van der Waals surface area contributed by atoms with Gasteiger partial charge in [-0.25, -0.2) is 9.78 Å². The number of amides is 1. The van der Waals surface area contributed by atoms with Gasteiger partial charge in [0.2, 0.25) is 5.88 Å². The number of aromatic nitrogens is 1. The number of halogens is 3. The van der Waals surface area contributed by atoms with Crippen LogP contribution in [0.2, 0.25) is 15.1 Å². The Balaban J connectivity index is 2.09. The summed E-state index contributed by atoms with van der Waals surface area (Å²) in [6.07, 6.45) is 0.786. The van der Waals surface area contributed by atoms with Crippen molar-refractivity contribution in [1.82, 2.24) is 4.98 Å². The van der Waals surface area contributed by atoms with E-state index in [4.69, 9.17) is 39.5 Å². The summed E-state index contributed by atoms with van der Waals surface area (Å²) in [5.74, 6) is 0.177. The molecule has 1 aromatic heterocycles. The van der Waals surface area contributed by atoms with Crippen LogP contribution in [-0.4, -0.2) is 11.1 Å². The van der Waals surface area contributed by atoms with Crippen LogP contribution in [0, 0.1) is 0 Å². The van der Waals surface area contributed by atoms with Gasteiger partial charge >= 0.3 is 6.09 Å². The standard InChI is InChI=1S/C12H7Cl3N2O2/c13-7-5-9(15)10(6-8(7)14)17-12(18)19-11-3-1-2-4-16-11/h1-6H,(H,17,18). The van der Waals surface area contributed by atoms with Crippen molar-refractivity contribution >= 4 is 46.6 Å². The summed E-state index contributed by atoms with van der Waals surface area (Å²) >= 11 is 17.5. The summed E-state index contributed by atoms with van der Waals surface area (Å²) in [5.41, 5.74) is 0.303. The normalized spacial score (nSPS) is 10.1. The smallest absolute Gasteiger partial charge is 0.391 e. The molecule has 0 fully saturated rings. The van der Waals surface area contributed by atoms with E-state index in [1.165, 1.54) is 18.3 Å². The zero-order chi connectivity index (χ0) is 13.8. The molecule has 0 aliphatic heterocycles. The molecule has 0 spiro atoms. The highest BCUT2D eigenvalue weighted by Gasteiger charge is 2.11. The molecule has 0 aliphatic carbocycles. The number of ether oxygens (including phenoxy) is 1. The average molecular weight is 318 g/mol. The summed E-state index contributed by atoms with van der Waals surface area (Å²) in [6, 6.07) is 7.83. The number of rotatable bonds is 2. The summed E-state index contributed by atoms with van der Waals surface area (Å²) < 4.78 is 4.95. The highest BCUT2D eigenvalue weighted by molar-refractivity contribution is 6.44. The number of carbonyl (C=O) groups is 1. The lowest BCUT2D eigenvalue weighted by Crippen LogP contribution is -2.17. The zero-order valence-corrected chi connectivity index (χ0v) is 11.6. The fourth-order valence-electron chi connectivity index (χ4n) is 1.26. The largest absolute Gasteiger partial charge is 0.418 e. The van der Waals surface area contributed by atoms with E-state index in [2.05, 4.69) is 10.3 Å². The third-order valence-electron chi connectivity index (χ3n) is 2.08. The first-order valence-electron chi connectivity index (χ1n) is 5.10. The molecule has 0 radical (unpaired) electrons. The second-order valence-electron chi connectivity index (χ2n) is 3.43. The van der Waals surface area contributed by atoms with Crippen LogP contribution < -0.4 is 10.1 Å². The second kappa shape index (κ2) is 6.10. The van der Waals surface area contributed by atoms with E-state index in [1.54, 1.807) is 18.2 Å². The maximum atomic E-state index is 11.6. The van der Waals surface area contributed by atoms with Crippen molar-refractivity contribution in [1.29, 1.82) is 0 Å². The minimum atomic E-state index is -0.723. The van der Waals surface area contributed by atoms with E-state index >= 15 is 0 Å². The lowest BCUT2D eigenvalue weighted by Gasteiger charge is -2.08. The van der Waals surface area contributed by atoms with Crippen LogP contribution in [0.4, 0.5) is 10.5 Å². The van der Waals surface area contributed by atoms with E-state index in [0.717, 1.165) is 0 Å². The van der Waals surface area contributed by atoms with Gasteiger partial charge in [-0.15, -0.1) is 0 Å². The molecule has 2 rings (SSSR count). The van der Waals surface area contributed by atoms with Gasteiger partial charge in [-0.1, -0.05) is 40.9 Å². The van der Waals surface area contributed by atoms with E-state index in [0.29, 0.717) is 10.7 Å². The molecule has 1 heterocycles. The van der Waals surface area contributed by atoms with Gasteiger partial charge in [-0.3, -0.25) is 5.32 Å². The Kier molecular flexibility index (Phi) is 4.47. The van der Waals surface area contributed by atoms with Gasteiger partial charge in [0, 0.05) is 12.3 Å². The molecule has 0 saturated heterocycles. The first-order valence-corrected chi connectivity index (χ1v) is 6.24. The number of hydrogen-bond acceptors (Lipinski definition) is 3. The van der Waals surface area contributed by atoms with Gasteiger partial charge in [0.1, 0.15) is 0 Å². The van der Waals surface area contributed by atoms with Crippen LogP contribution in [0.5, 0.6) is 5.88 Å². The number of nitrogens with zero attached hydrogens (tertiary/aromatic N) is 1.